The average Bonchev–Trinajstić information content (AvgIpc) is 2.62. The fraction of sp³-hybridized carbons (Fsp3) is 0.143. The second-order valence-corrected chi connectivity index (χ2v) is 5.92. The molecule has 1 amide bonds. The Bertz CT molecular complexity index is 843. The van der Waals surface area contributed by atoms with Crippen molar-refractivity contribution in [3.8, 4) is 11.1 Å². The molecule has 0 N–H and O–H groups in total. The van der Waals surface area contributed by atoms with Crippen LogP contribution in [0.15, 0.2) is 73.1 Å². The van der Waals surface area contributed by atoms with Crippen LogP contribution in [0.1, 0.15) is 21.5 Å². The predicted molar refractivity (Wildman–Crippen MR) is 96.6 cm³/mol. The van der Waals surface area contributed by atoms with Gasteiger partial charge in [0, 0.05) is 31.5 Å². The minimum absolute atomic E-state index is 0.0261. The fourth-order valence-electron chi connectivity index (χ4n) is 2.75. The third-order valence-electron chi connectivity index (χ3n) is 4.05. The molecule has 3 rings (SSSR count). The third-order valence-corrected chi connectivity index (χ3v) is 4.05. The van der Waals surface area contributed by atoms with Crippen LogP contribution in [0.3, 0.4) is 0 Å². The van der Waals surface area contributed by atoms with E-state index in [1.54, 1.807) is 17.3 Å². The van der Waals surface area contributed by atoms with Gasteiger partial charge in [-0.1, -0.05) is 54.6 Å². The number of aryl methyl sites for hydroxylation is 1. The molecule has 0 spiro atoms. The van der Waals surface area contributed by atoms with Crippen LogP contribution in [0.4, 0.5) is 0 Å². The number of carbonyl (C=O) groups excluding carboxylic acids is 1. The Labute approximate surface area is 142 Å². The van der Waals surface area contributed by atoms with Crippen LogP contribution in [-0.4, -0.2) is 22.8 Å². The second-order valence-electron chi connectivity index (χ2n) is 5.92. The zero-order valence-corrected chi connectivity index (χ0v) is 13.9. The van der Waals surface area contributed by atoms with E-state index in [0.29, 0.717) is 12.1 Å². The molecule has 120 valence electrons. The second kappa shape index (κ2) is 7.09. The van der Waals surface area contributed by atoms with Crippen molar-refractivity contribution in [2.24, 2.45) is 0 Å². The van der Waals surface area contributed by atoms with Crippen LogP contribution < -0.4 is 0 Å². The van der Waals surface area contributed by atoms with E-state index in [0.717, 1.165) is 16.7 Å². The number of hydrogen-bond acceptors (Lipinski definition) is 2. The van der Waals surface area contributed by atoms with Crippen molar-refractivity contribution in [2.75, 3.05) is 7.05 Å². The molecule has 3 heteroatoms. The monoisotopic (exact) mass is 316 g/mol. The maximum Gasteiger partial charge on any atom is 0.255 e. The zero-order valence-electron chi connectivity index (χ0n) is 13.9. The molecule has 0 bridgehead atoms. The molecule has 0 aliphatic heterocycles. The van der Waals surface area contributed by atoms with Gasteiger partial charge in [0.2, 0.25) is 0 Å². The van der Waals surface area contributed by atoms with Crippen LogP contribution >= 0.6 is 0 Å². The van der Waals surface area contributed by atoms with E-state index < -0.39 is 0 Å². The highest BCUT2D eigenvalue weighted by molar-refractivity contribution is 5.95. The number of carbonyl (C=O) groups is 1. The molecule has 0 aliphatic carbocycles. The summed E-state index contributed by atoms with van der Waals surface area (Å²) in [6.45, 7) is 2.64. The van der Waals surface area contributed by atoms with Crippen LogP contribution in [0, 0.1) is 6.92 Å². The molecule has 24 heavy (non-hydrogen) atoms. The minimum atomic E-state index is -0.0261. The number of aromatic nitrogens is 1. The van der Waals surface area contributed by atoms with Gasteiger partial charge in [-0.2, -0.15) is 0 Å². The predicted octanol–water partition coefficient (Wildman–Crippen LogP) is 4.33. The van der Waals surface area contributed by atoms with Crippen molar-refractivity contribution in [1.29, 1.82) is 0 Å². The van der Waals surface area contributed by atoms with Gasteiger partial charge in [-0.25, -0.2) is 0 Å². The van der Waals surface area contributed by atoms with Gasteiger partial charge in [0.05, 0.1) is 5.56 Å². The number of pyridine rings is 1. The Kier molecular flexibility index (Phi) is 4.71. The van der Waals surface area contributed by atoms with E-state index in [-0.39, 0.29) is 5.91 Å². The highest BCUT2D eigenvalue weighted by atomic mass is 16.2. The summed E-state index contributed by atoms with van der Waals surface area (Å²) in [7, 11) is 1.82. The first-order valence-corrected chi connectivity index (χ1v) is 7.95. The molecular formula is C21H20N2O. The van der Waals surface area contributed by atoms with Gasteiger partial charge in [0.1, 0.15) is 0 Å². The van der Waals surface area contributed by atoms with Gasteiger partial charge in [0.15, 0.2) is 0 Å². The first-order valence-electron chi connectivity index (χ1n) is 7.95. The smallest absolute Gasteiger partial charge is 0.255 e. The van der Waals surface area contributed by atoms with Gasteiger partial charge in [-0.3, -0.25) is 9.78 Å². The van der Waals surface area contributed by atoms with Gasteiger partial charge < -0.3 is 4.90 Å². The standard InChI is InChI=1S/C21H20N2O/c1-16-8-6-7-11-20(16)18-12-19(14-22-13-18)21(24)23(2)15-17-9-4-3-5-10-17/h3-14H,15H2,1-2H3. The number of benzene rings is 2. The summed E-state index contributed by atoms with van der Waals surface area (Å²) >= 11 is 0. The van der Waals surface area contributed by atoms with Crippen molar-refractivity contribution in [2.45, 2.75) is 13.5 Å². The van der Waals surface area contributed by atoms with E-state index >= 15 is 0 Å². The largest absolute Gasteiger partial charge is 0.337 e. The lowest BCUT2D eigenvalue weighted by Crippen LogP contribution is -2.26. The average molecular weight is 316 g/mol. The lowest BCUT2D eigenvalue weighted by atomic mass is 10.0. The van der Waals surface area contributed by atoms with Crippen LogP contribution in [0.2, 0.25) is 0 Å². The molecule has 0 atom stereocenters. The Morgan fingerprint density at radius 2 is 1.71 bits per heavy atom. The van der Waals surface area contributed by atoms with Gasteiger partial charge in [-0.15, -0.1) is 0 Å². The van der Waals surface area contributed by atoms with E-state index in [4.69, 9.17) is 0 Å². The summed E-state index contributed by atoms with van der Waals surface area (Å²) in [4.78, 5) is 18.7. The topological polar surface area (TPSA) is 33.2 Å². The summed E-state index contributed by atoms with van der Waals surface area (Å²) < 4.78 is 0. The lowest BCUT2D eigenvalue weighted by molar-refractivity contribution is 0.0784. The van der Waals surface area contributed by atoms with Gasteiger partial charge in [0.25, 0.3) is 5.91 Å². The van der Waals surface area contributed by atoms with Crippen LogP contribution in [-0.2, 0) is 6.54 Å². The van der Waals surface area contributed by atoms with Crippen molar-refractivity contribution < 1.29 is 4.79 Å². The molecule has 0 saturated carbocycles. The summed E-state index contributed by atoms with van der Waals surface area (Å²) in [5.74, 6) is -0.0261. The van der Waals surface area contributed by atoms with Crippen molar-refractivity contribution in [1.82, 2.24) is 9.88 Å². The first-order chi connectivity index (χ1) is 11.6. The SMILES string of the molecule is Cc1ccccc1-c1cncc(C(=O)N(C)Cc2ccccc2)c1. The van der Waals surface area contributed by atoms with E-state index in [1.807, 2.05) is 61.6 Å². The Morgan fingerprint density at radius 3 is 2.46 bits per heavy atom. The lowest BCUT2D eigenvalue weighted by Gasteiger charge is -2.17. The van der Waals surface area contributed by atoms with Crippen molar-refractivity contribution in [3.63, 3.8) is 0 Å². The third kappa shape index (κ3) is 3.51. The Morgan fingerprint density at radius 1 is 1.00 bits per heavy atom. The zero-order chi connectivity index (χ0) is 16.9. The number of nitrogens with zero attached hydrogens (tertiary/aromatic N) is 2. The number of rotatable bonds is 4. The molecule has 1 aromatic heterocycles. The van der Waals surface area contributed by atoms with Crippen LogP contribution in [0.5, 0.6) is 0 Å². The van der Waals surface area contributed by atoms with E-state index in [2.05, 4.69) is 18.0 Å². The van der Waals surface area contributed by atoms with Gasteiger partial charge in [-0.05, 0) is 29.7 Å². The molecule has 0 saturated heterocycles. The maximum absolute atomic E-state index is 12.7. The molecule has 2 aromatic carbocycles. The van der Waals surface area contributed by atoms with E-state index in [1.165, 1.54) is 5.56 Å². The Hall–Kier alpha value is -2.94. The molecule has 0 unspecified atom stereocenters. The molecule has 1 heterocycles. The highest BCUT2D eigenvalue weighted by Crippen LogP contribution is 2.23. The number of amides is 1. The molecule has 0 aliphatic rings. The fourth-order valence-corrected chi connectivity index (χ4v) is 2.75. The molecule has 0 radical (unpaired) electrons. The molecule has 3 nitrogen and oxygen atoms in total. The van der Waals surface area contributed by atoms with Crippen molar-refractivity contribution in [3.05, 3.63) is 89.7 Å². The minimum Gasteiger partial charge on any atom is -0.337 e. The normalized spacial score (nSPS) is 10.4. The summed E-state index contributed by atoms with van der Waals surface area (Å²) in [6, 6.07) is 20.0. The molecule has 3 aromatic rings. The highest BCUT2D eigenvalue weighted by Gasteiger charge is 2.14. The van der Waals surface area contributed by atoms with Crippen LogP contribution in [0.25, 0.3) is 11.1 Å². The summed E-state index contributed by atoms with van der Waals surface area (Å²) in [6.07, 6.45) is 3.43. The summed E-state index contributed by atoms with van der Waals surface area (Å²) in [5.41, 5.74) is 4.95. The quantitative estimate of drug-likeness (QED) is 0.718. The first kappa shape index (κ1) is 15.9. The maximum atomic E-state index is 12.7. The summed E-state index contributed by atoms with van der Waals surface area (Å²) in [5, 5.41) is 0. The van der Waals surface area contributed by atoms with Gasteiger partial charge >= 0.3 is 0 Å². The van der Waals surface area contributed by atoms with Crippen molar-refractivity contribution >= 4 is 5.91 Å². The van der Waals surface area contributed by atoms with E-state index in [9.17, 15) is 4.79 Å². The molecule has 0 fully saturated rings. The number of hydrogen-bond donors (Lipinski definition) is 0. The Balaban J connectivity index is 1.83. The molecular weight excluding hydrogens is 296 g/mol.